The molecule has 0 saturated carbocycles. The Morgan fingerprint density at radius 3 is 2.58 bits per heavy atom. The maximum Gasteiger partial charge on any atom is 0.328 e. The molecule has 0 spiro atoms. The van der Waals surface area contributed by atoms with Gasteiger partial charge in [0.05, 0.1) is 7.11 Å². The van der Waals surface area contributed by atoms with Gasteiger partial charge < -0.3 is 15.2 Å². The summed E-state index contributed by atoms with van der Waals surface area (Å²) >= 11 is 0. The number of esters is 1. The van der Waals surface area contributed by atoms with Crippen molar-refractivity contribution < 1.29 is 23.8 Å². The summed E-state index contributed by atoms with van der Waals surface area (Å²) in [6.45, 7) is 1.27. The van der Waals surface area contributed by atoms with Crippen LogP contribution < -0.4 is 5.32 Å². The third kappa shape index (κ3) is 4.33. The highest BCUT2D eigenvalue weighted by Crippen LogP contribution is 2.10. The molecule has 0 aromatic heterocycles. The molecular weight excluding hydrogens is 253 g/mol. The van der Waals surface area contributed by atoms with Crippen molar-refractivity contribution in [3.05, 3.63) is 35.6 Å². The van der Waals surface area contributed by atoms with Crippen molar-refractivity contribution >= 4 is 11.9 Å². The topological polar surface area (TPSA) is 75.6 Å². The van der Waals surface area contributed by atoms with Crippen molar-refractivity contribution in [1.29, 1.82) is 0 Å². The molecule has 0 aliphatic rings. The van der Waals surface area contributed by atoms with Crippen molar-refractivity contribution in [2.24, 2.45) is 0 Å². The summed E-state index contributed by atoms with van der Waals surface area (Å²) in [4.78, 5) is 22.9. The first-order chi connectivity index (χ1) is 8.95. The number of hydrogen-bond donors (Lipinski definition) is 2. The smallest absolute Gasteiger partial charge is 0.328 e. The molecule has 19 heavy (non-hydrogen) atoms. The van der Waals surface area contributed by atoms with Gasteiger partial charge in [-0.05, 0) is 18.6 Å². The van der Waals surface area contributed by atoms with Gasteiger partial charge in [0.1, 0.15) is 18.0 Å². The number of aliphatic hydroxyl groups excluding tert-OH is 1. The summed E-state index contributed by atoms with van der Waals surface area (Å²) in [5.74, 6) is -1.88. The van der Waals surface area contributed by atoms with Gasteiger partial charge in [0.15, 0.2) is 0 Å². The molecule has 0 aliphatic heterocycles. The van der Waals surface area contributed by atoms with Crippen LogP contribution in [0.1, 0.15) is 12.5 Å². The molecule has 2 N–H and O–H groups in total. The minimum Gasteiger partial charge on any atom is -0.467 e. The Balaban J connectivity index is 2.84. The van der Waals surface area contributed by atoms with E-state index in [2.05, 4.69) is 10.1 Å². The predicted molar refractivity (Wildman–Crippen MR) is 65.7 cm³/mol. The third-order valence-electron chi connectivity index (χ3n) is 2.56. The molecule has 0 heterocycles. The Morgan fingerprint density at radius 2 is 2.05 bits per heavy atom. The number of carbonyl (C=O) groups is 2. The van der Waals surface area contributed by atoms with E-state index in [1.165, 1.54) is 32.2 Å². The first-order valence-corrected chi connectivity index (χ1v) is 5.75. The van der Waals surface area contributed by atoms with E-state index in [1.54, 1.807) is 6.07 Å². The van der Waals surface area contributed by atoms with Crippen LogP contribution in [-0.4, -0.2) is 36.2 Å². The summed E-state index contributed by atoms with van der Waals surface area (Å²) < 4.78 is 18.0. The maximum absolute atomic E-state index is 13.5. The van der Waals surface area contributed by atoms with Crippen LogP contribution in [0.3, 0.4) is 0 Å². The van der Waals surface area contributed by atoms with Crippen molar-refractivity contribution in [2.75, 3.05) is 7.11 Å². The molecule has 0 unspecified atom stereocenters. The lowest BCUT2D eigenvalue weighted by Gasteiger charge is -2.17. The van der Waals surface area contributed by atoms with Crippen molar-refractivity contribution in [3.63, 3.8) is 0 Å². The Kier molecular flexibility index (Phi) is 5.44. The highest BCUT2D eigenvalue weighted by atomic mass is 19.1. The van der Waals surface area contributed by atoms with Gasteiger partial charge >= 0.3 is 5.97 Å². The van der Waals surface area contributed by atoms with Crippen LogP contribution in [0.15, 0.2) is 24.3 Å². The van der Waals surface area contributed by atoms with E-state index in [0.29, 0.717) is 0 Å². The van der Waals surface area contributed by atoms with Crippen molar-refractivity contribution in [3.8, 4) is 0 Å². The molecule has 2 atom stereocenters. The lowest BCUT2D eigenvalue weighted by Crippen LogP contribution is -2.46. The standard InChI is InChI=1S/C13H16FNO4/c1-8(16)12(17)15-11(13(18)19-2)7-9-5-3-4-6-10(9)14/h3-6,8,11,16H,7H2,1-2H3,(H,15,17)/t8-,11-/m0/s1. The van der Waals surface area contributed by atoms with Gasteiger partial charge in [-0.15, -0.1) is 0 Å². The second kappa shape index (κ2) is 6.84. The molecule has 0 bridgehead atoms. The number of rotatable bonds is 5. The van der Waals surface area contributed by atoms with E-state index in [4.69, 9.17) is 5.11 Å². The number of amides is 1. The van der Waals surface area contributed by atoms with Crippen LogP contribution in [0.25, 0.3) is 0 Å². The number of aliphatic hydroxyl groups is 1. The summed E-state index contributed by atoms with van der Waals surface area (Å²) in [5, 5.41) is 11.4. The number of benzene rings is 1. The minimum absolute atomic E-state index is 0.0438. The van der Waals surface area contributed by atoms with E-state index < -0.39 is 29.8 Å². The predicted octanol–water partition coefficient (Wildman–Crippen LogP) is 0.407. The number of halogens is 1. The maximum atomic E-state index is 13.5. The van der Waals surface area contributed by atoms with E-state index in [1.807, 2.05) is 0 Å². The first-order valence-electron chi connectivity index (χ1n) is 5.75. The molecule has 5 nitrogen and oxygen atoms in total. The van der Waals surface area contributed by atoms with Gasteiger partial charge in [-0.3, -0.25) is 4.79 Å². The minimum atomic E-state index is -1.26. The van der Waals surface area contributed by atoms with Gasteiger partial charge in [0, 0.05) is 6.42 Å². The largest absolute Gasteiger partial charge is 0.467 e. The van der Waals surface area contributed by atoms with E-state index in [9.17, 15) is 14.0 Å². The molecule has 1 rings (SSSR count). The zero-order valence-electron chi connectivity index (χ0n) is 10.7. The second-order valence-corrected chi connectivity index (χ2v) is 4.06. The molecule has 0 fully saturated rings. The van der Waals surface area contributed by atoms with Gasteiger partial charge in [-0.1, -0.05) is 18.2 Å². The fourth-order valence-electron chi connectivity index (χ4n) is 1.51. The summed E-state index contributed by atoms with van der Waals surface area (Å²) in [6, 6.07) is 4.90. The number of hydrogen-bond acceptors (Lipinski definition) is 4. The highest BCUT2D eigenvalue weighted by Gasteiger charge is 2.24. The lowest BCUT2D eigenvalue weighted by molar-refractivity contribution is -0.146. The van der Waals surface area contributed by atoms with Gasteiger partial charge in [0.25, 0.3) is 0 Å². The third-order valence-corrected chi connectivity index (χ3v) is 2.56. The zero-order valence-corrected chi connectivity index (χ0v) is 10.7. The molecule has 104 valence electrons. The summed E-state index contributed by atoms with van der Waals surface area (Å²) in [7, 11) is 1.17. The quantitative estimate of drug-likeness (QED) is 0.759. The Bertz CT molecular complexity index is 462. The number of nitrogens with one attached hydrogen (secondary N) is 1. The summed E-state index contributed by atoms with van der Waals surface area (Å²) in [5.41, 5.74) is 0.281. The molecular formula is C13H16FNO4. The zero-order chi connectivity index (χ0) is 14.4. The Morgan fingerprint density at radius 1 is 1.42 bits per heavy atom. The average Bonchev–Trinajstić information content (AvgIpc) is 2.39. The van der Waals surface area contributed by atoms with Crippen molar-refractivity contribution in [2.45, 2.75) is 25.5 Å². The molecule has 0 radical (unpaired) electrons. The van der Waals surface area contributed by atoms with Gasteiger partial charge in [-0.2, -0.15) is 0 Å². The SMILES string of the molecule is COC(=O)[C@H](Cc1ccccc1F)NC(=O)[C@H](C)O. The first kappa shape index (κ1) is 15.1. The second-order valence-electron chi connectivity index (χ2n) is 4.06. The van der Waals surface area contributed by atoms with Crippen molar-refractivity contribution in [1.82, 2.24) is 5.32 Å². The number of carbonyl (C=O) groups excluding carboxylic acids is 2. The molecule has 0 aliphatic carbocycles. The van der Waals surface area contributed by atoms with E-state index in [0.717, 1.165) is 0 Å². The number of ether oxygens (including phenoxy) is 1. The fourth-order valence-corrected chi connectivity index (χ4v) is 1.51. The lowest BCUT2D eigenvalue weighted by atomic mass is 10.1. The average molecular weight is 269 g/mol. The van der Waals surface area contributed by atoms with Crippen LogP contribution in [0.2, 0.25) is 0 Å². The molecule has 1 amide bonds. The van der Waals surface area contributed by atoms with Crippen LogP contribution >= 0.6 is 0 Å². The molecule has 6 heteroatoms. The number of methoxy groups -OCH3 is 1. The monoisotopic (exact) mass is 269 g/mol. The molecule has 1 aromatic carbocycles. The molecule has 1 aromatic rings. The highest BCUT2D eigenvalue weighted by molar-refractivity contribution is 5.86. The summed E-state index contributed by atoms with van der Waals surface area (Å²) in [6.07, 6.45) is -1.30. The van der Waals surface area contributed by atoms with Gasteiger partial charge in [-0.25, -0.2) is 9.18 Å². The molecule has 0 saturated heterocycles. The Labute approximate surface area is 110 Å². The van der Waals surface area contributed by atoms with Crippen LogP contribution in [0.4, 0.5) is 4.39 Å². The van der Waals surface area contributed by atoms with E-state index in [-0.39, 0.29) is 12.0 Å². The van der Waals surface area contributed by atoms with Crippen LogP contribution in [-0.2, 0) is 20.7 Å². The van der Waals surface area contributed by atoms with E-state index >= 15 is 0 Å². The normalized spacial score (nSPS) is 13.5. The fraction of sp³-hybridized carbons (Fsp3) is 0.385. The Hall–Kier alpha value is -1.95. The van der Waals surface area contributed by atoms with Crippen LogP contribution in [0.5, 0.6) is 0 Å². The van der Waals surface area contributed by atoms with Gasteiger partial charge in [0.2, 0.25) is 5.91 Å². The van der Waals surface area contributed by atoms with Crippen LogP contribution in [0, 0.1) is 5.82 Å².